The summed E-state index contributed by atoms with van der Waals surface area (Å²) in [5.74, 6) is -1.30. The number of fused-ring (bicyclic) bond motifs is 1. The fraction of sp³-hybridized carbons (Fsp3) is 0.231. The van der Waals surface area contributed by atoms with Crippen molar-refractivity contribution in [2.45, 2.75) is 26.0 Å². The van der Waals surface area contributed by atoms with Gasteiger partial charge in [-0.2, -0.15) is 0 Å². The van der Waals surface area contributed by atoms with E-state index in [1.54, 1.807) is 42.3 Å². The zero-order chi connectivity index (χ0) is 24.0. The molecule has 0 aromatic heterocycles. The van der Waals surface area contributed by atoms with Crippen molar-refractivity contribution in [3.63, 3.8) is 0 Å². The number of para-hydroxylation sites is 1. The molecule has 5 rings (SSSR count). The second kappa shape index (κ2) is 8.66. The summed E-state index contributed by atoms with van der Waals surface area (Å²) >= 11 is 6.27. The maximum Gasteiger partial charge on any atom is 0.266 e. The van der Waals surface area contributed by atoms with Crippen LogP contribution in [0.15, 0.2) is 66.7 Å². The number of nitrogens with zero attached hydrogens (tertiary/aromatic N) is 2. The molecule has 2 aliphatic rings. The average molecular weight is 479 g/mol. The summed E-state index contributed by atoms with van der Waals surface area (Å²) in [7, 11) is 0. The normalized spacial score (nSPS) is 21.8. The van der Waals surface area contributed by atoms with Gasteiger partial charge in [0.2, 0.25) is 5.91 Å². The van der Waals surface area contributed by atoms with Gasteiger partial charge >= 0.3 is 0 Å². The molecule has 2 amide bonds. The van der Waals surface area contributed by atoms with Crippen LogP contribution in [-0.4, -0.2) is 29.6 Å². The lowest BCUT2D eigenvalue weighted by atomic mass is 9.90. The van der Waals surface area contributed by atoms with Crippen LogP contribution in [0, 0.1) is 12.8 Å². The number of imide groups is 1. The van der Waals surface area contributed by atoms with E-state index in [9.17, 15) is 14.7 Å². The summed E-state index contributed by atoms with van der Waals surface area (Å²) in [6.07, 6.45) is -1.000. The van der Waals surface area contributed by atoms with E-state index in [0.29, 0.717) is 39.9 Å². The fourth-order valence-corrected chi connectivity index (χ4v) is 4.78. The van der Waals surface area contributed by atoms with Crippen LogP contribution in [-0.2, 0) is 14.4 Å². The van der Waals surface area contributed by atoms with E-state index in [1.807, 2.05) is 37.3 Å². The Labute approximate surface area is 202 Å². The number of hydrogen-bond acceptors (Lipinski definition) is 6. The minimum Gasteiger partial charge on any atom is -0.504 e. The predicted molar refractivity (Wildman–Crippen MR) is 128 cm³/mol. The van der Waals surface area contributed by atoms with E-state index in [-0.39, 0.29) is 11.7 Å². The number of carbonyl (C=O) groups is 2. The highest BCUT2D eigenvalue weighted by molar-refractivity contribution is 6.32. The number of phenols is 1. The molecule has 0 saturated carbocycles. The van der Waals surface area contributed by atoms with Gasteiger partial charge in [0, 0.05) is 5.02 Å². The van der Waals surface area contributed by atoms with Gasteiger partial charge in [-0.1, -0.05) is 41.9 Å². The molecule has 2 heterocycles. The van der Waals surface area contributed by atoms with Crippen molar-refractivity contribution in [3.05, 3.63) is 82.9 Å². The van der Waals surface area contributed by atoms with E-state index >= 15 is 0 Å². The molecular weight excluding hydrogens is 456 g/mol. The number of carbonyl (C=O) groups excluding carboxylic acids is 2. The summed E-state index contributed by atoms with van der Waals surface area (Å²) in [5.41, 5.74) is 2.49. The second-order valence-corrected chi connectivity index (χ2v) is 8.62. The first kappa shape index (κ1) is 22.3. The lowest BCUT2D eigenvalue weighted by Gasteiger charge is -2.29. The van der Waals surface area contributed by atoms with Gasteiger partial charge in [-0.05, 0) is 61.4 Å². The maximum absolute atomic E-state index is 13.8. The number of hydroxylamine groups is 1. The van der Waals surface area contributed by atoms with Crippen LogP contribution in [0.4, 0.5) is 11.4 Å². The van der Waals surface area contributed by atoms with Gasteiger partial charge in [0.25, 0.3) is 5.91 Å². The number of halogens is 1. The molecular formula is C26H23ClN2O5. The molecule has 3 atom stereocenters. The van der Waals surface area contributed by atoms with Crippen LogP contribution < -0.4 is 14.7 Å². The summed E-state index contributed by atoms with van der Waals surface area (Å²) in [6, 6.07) is 18.7. The Hall–Kier alpha value is -3.55. The van der Waals surface area contributed by atoms with E-state index in [1.165, 1.54) is 11.0 Å². The van der Waals surface area contributed by atoms with E-state index in [0.717, 1.165) is 0 Å². The molecule has 2 saturated heterocycles. The number of ether oxygens (including phenoxy) is 1. The topological polar surface area (TPSA) is 79.3 Å². The maximum atomic E-state index is 13.8. The molecule has 0 spiro atoms. The van der Waals surface area contributed by atoms with E-state index in [4.69, 9.17) is 21.2 Å². The molecule has 3 aromatic rings. The van der Waals surface area contributed by atoms with E-state index in [2.05, 4.69) is 0 Å². The van der Waals surface area contributed by atoms with Crippen molar-refractivity contribution in [2.24, 2.45) is 5.92 Å². The molecule has 7 nitrogen and oxygen atoms in total. The highest BCUT2D eigenvalue weighted by Gasteiger charge is 2.60. The monoisotopic (exact) mass is 478 g/mol. The zero-order valence-corrected chi connectivity index (χ0v) is 19.4. The van der Waals surface area contributed by atoms with Crippen LogP contribution in [0.25, 0.3) is 0 Å². The molecule has 1 N–H and O–H groups in total. The van der Waals surface area contributed by atoms with Crippen LogP contribution >= 0.6 is 11.6 Å². The molecule has 174 valence electrons. The van der Waals surface area contributed by atoms with Crippen molar-refractivity contribution in [3.8, 4) is 11.5 Å². The second-order valence-electron chi connectivity index (χ2n) is 8.21. The van der Waals surface area contributed by atoms with Crippen LogP contribution in [0.1, 0.15) is 24.1 Å². The van der Waals surface area contributed by atoms with Gasteiger partial charge in [0.05, 0.1) is 24.0 Å². The Morgan fingerprint density at radius 2 is 1.79 bits per heavy atom. The number of hydrogen-bond donors (Lipinski definition) is 1. The number of rotatable bonds is 5. The largest absolute Gasteiger partial charge is 0.504 e. The molecule has 0 bridgehead atoms. The Morgan fingerprint density at radius 3 is 2.53 bits per heavy atom. The first-order valence-electron chi connectivity index (χ1n) is 11.0. The van der Waals surface area contributed by atoms with Crippen molar-refractivity contribution < 1.29 is 24.3 Å². The Kier molecular flexibility index (Phi) is 5.67. The van der Waals surface area contributed by atoms with Crippen LogP contribution in [0.3, 0.4) is 0 Å². The lowest BCUT2D eigenvalue weighted by Crippen LogP contribution is -2.37. The molecule has 0 unspecified atom stereocenters. The summed E-state index contributed by atoms with van der Waals surface area (Å²) in [4.78, 5) is 34.6. The summed E-state index contributed by atoms with van der Waals surface area (Å²) in [6.45, 7) is 3.96. The smallest absolute Gasteiger partial charge is 0.266 e. The van der Waals surface area contributed by atoms with Gasteiger partial charge in [0.15, 0.2) is 17.6 Å². The predicted octanol–water partition coefficient (Wildman–Crippen LogP) is 4.80. The fourth-order valence-electron chi connectivity index (χ4n) is 4.61. The average Bonchev–Trinajstić information content (AvgIpc) is 3.34. The molecule has 34 heavy (non-hydrogen) atoms. The molecule has 0 radical (unpaired) electrons. The van der Waals surface area contributed by atoms with Crippen LogP contribution in [0.2, 0.25) is 5.02 Å². The molecule has 3 aromatic carbocycles. The summed E-state index contributed by atoms with van der Waals surface area (Å²) in [5, 5.41) is 12.3. The number of anilines is 2. The molecule has 0 aliphatic carbocycles. The zero-order valence-electron chi connectivity index (χ0n) is 18.6. The standard InChI is InChI=1S/C26H23ClN2O5/c1-3-33-21-14-16(12-13-20(21)30)23-22-24(34-29(23)17-8-5-4-6-9-17)26(32)28(25(22)31)19-11-7-10-18(27)15(19)2/h4-14,22-24,30H,3H2,1-2H3/t22-,23+,24-/m0/s1. The first-order valence-corrected chi connectivity index (χ1v) is 11.4. The number of amides is 2. The van der Waals surface area contributed by atoms with Gasteiger partial charge in [-0.25, -0.2) is 9.96 Å². The highest BCUT2D eigenvalue weighted by Crippen LogP contribution is 2.49. The molecule has 2 fully saturated rings. The highest BCUT2D eigenvalue weighted by atomic mass is 35.5. The number of phenolic OH excluding ortho intramolecular Hbond substituents is 1. The molecule has 2 aliphatic heterocycles. The third kappa shape index (κ3) is 3.48. The van der Waals surface area contributed by atoms with Crippen LogP contribution in [0.5, 0.6) is 11.5 Å². The third-order valence-corrected chi connectivity index (χ3v) is 6.64. The molecule has 8 heteroatoms. The van der Waals surface area contributed by atoms with Crippen molar-refractivity contribution >= 4 is 34.8 Å². The lowest BCUT2D eigenvalue weighted by molar-refractivity contribution is -0.126. The number of aromatic hydroxyl groups is 1. The minimum atomic E-state index is -1.000. The Morgan fingerprint density at radius 1 is 1.03 bits per heavy atom. The minimum absolute atomic E-state index is 0.00247. The Bertz CT molecular complexity index is 1270. The van der Waals surface area contributed by atoms with Gasteiger partial charge < -0.3 is 9.84 Å². The first-order chi connectivity index (χ1) is 16.4. The van der Waals surface area contributed by atoms with Crippen molar-refractivity contribution in [1.82, 2.24) is 0 Å². The Balaban J connectivity index is 1.61. The number of benzene rings is 3. The third-order valence-electron chi connectivity index (χ3n) is 6.23. The van der Waals surface area contributed by atoms with E-state index < -0.39 is 24.0 Å². The van der Waals surface area contributed by atoms with Crippen molar-refractivity contribution in [1.29, 1.82) is 0 Å². The quantitative estimate of drug-likeness (QED) is 0.530. The summed E-state index contributed by atoms with van der Waals surface area (Å²) < 4.78 is 5.57. The van der Waals surface area contributed by atoms with Crippen molar-refractivity contribution in [2.75, 3.05) is 16.6 Å². The van der Waals surface area contributed by atoms with Gasteiger partial charge in [-0.3, -0.25) is 14.4 Å². The van der Waals surface area contributed by atoms with Gasteiger partial charge in [-0.15, -0.1) is 0 Å². The SMILES string of the molecule is CCOc1cc([C@@H]2[C@@H]3C(=O)N(c4cccc(Cl)c4C)C(=O)[C@H]3ON2c2ccccc2)ccc1O. The van der Waals surface area contributed by atoms with Gasteiger partial charge in [0.1, 0.15) is 5.92 Å².